The minimum Gasteiger partial charge on any atom is -0.380 e. The van der Waals surface area contributed by atoms with Crippen LogP contribution in [-0.4, -0.2) is 37.7 Å². The summed E-state index contributed by atoms with van der Waals surface area (Å²) in [6.45, 7) is 2.40. The molecule has 2 atom stereocenters. The van der Waals surface area contributed by atoms with Crippen LogP contribution in [0.5, 0.6) is 0 Å². The van der Waals surface area contributed by atoms with Gasteiger partial charge in [0, 0.05) is 30.7 Å². The summed E-state index contributed by atoms with van der Waals surface area (Å²) < 4.78 is 19.4. The average Bonchev–Trinajstić information content (AvgIpc) is 2.42. The number of halogens is 2. The highest BCUT2D eigenvalue weighted by atomic mass is 79.9. The van der Waals surface area contributed by atoms with Crippen molar-refractivity contribution in [3.05, 3.63) is 34.1 Å². The van der Waals surface area contributed by atoms with Crippen LogP contribution >= 0.6 is 15.9 Å². The van der Waals surface area contributed by atoms with Crippen LogP contribution in [0, 0.1) is 5.82 Å². The summed E-state index contributed by atoms with van der Waals surface area (Å²) in [5.41, 5.74) is 6.97. The smallest absolute Gasteiger partial charge is 0.124 e. The van der Waals surface area contributed by atoms with Gasteiger partial charge in [-0.25, -0.2) is 4.39 Å². The van der Waals surface area contributed by atoms with E-state index in [9.17, 15) is 4.39 Å². The minimum absolute atomic E-state index is 0.105. The lowest BCUT2D eigenvalue weighted by Gasteiger charge is -2.37. The molecule has 2 N–H and O–H groups in total. The van der Waals surface area contributed by atoms with E-state index < -0.39 is 0 Å². The summed E-state index contributed by atoms with van der Waals surface area (Å²) >= 11 is 3.43. The molecule has 0 amide bonds. The summed E-state index contributed by atoms with van der Waals surface area (Å²) in [6.07, 6.45) is 2.46. The van der Waals surface area contributed by atoms with Gasteiger partial charge in [-0.05, 0) is 37.1 Å². The first kappa shape index (κ1) is 14.9. The molecule has 2 rings (SSSR count). The van der Waals surface area contributed by atoms with Crippen LogP contribution in [0.1, 0.15) is 24.4 Å². The molecule has 1 heterocycles. The van der Waals surface area contributed by atoms with Crippen molar-refractivity contribution in [2.24, 2.45) is 5.73 Å². The van der Waals surface area contributed by atoms with Gasteiger partial charge in [0.05, 0.1) is 6.10 Å². The molecule has 0 bridgehead atoms. The van der Waals surface area contributed by atoms with Gasteiger partial charge in [-0.3, -0.25) is 4.90 Å². The van der Waals surface area contributed by atoms with E-state index in [1.165, 1.54) is 12.1 Å². The van der Waals surface area contributed by atoms with Crippen LogP contribution in [0.4, 0.5) is 4.39 Å². The molecule has 1 fully saturated rings. The highest BCUT2D eigenvalue weighted by molar-refractivity contribution is 9.10. The number of hydrogen-bond donors (Lipinski definition) is 1. The van der Waals surface area contributed by atoms with Gasteiger partial charge in [0.15, 0.2) is 0 Å². The Bertz CT molecular complexity index is 430. The zero-order valence-electron chi connectivity index (χ0n) is 11.1. The Balaban J connectivity index is 2.19. The number of nitrogens with zero attached hydrogens (tertiary/aromatic N) is 1. The number of piperidine rings is 1. The number of hydrogen-bond acceptors (Lipinski definition) is 3. The van der Waals surface area contributed by atoms with E-state index in [0.717, 1.165) is 36.0 Å². The van der Waals surface area contributed by atoms with Gasteiger partial charge < -0.3 is 10.5 Å². The van der Waals surface area contributed by atoms with E-state index in [4.69, 9.17) is 10.5 Å². The topological polar surface area (TPSA) is 38.5 Å². The molecule has 5 heteroatoms. The molecule has 2 unspecified atom stereocenters. The number of likely N-dealkylation sites (tertiary alicyclic amines) is 1. The second-order valence-electron chi connectivity index (χ2n) is 4.91. The van der Waals surface area contributed by atoms with Crippen LogP contribution in [-0.2, 0) is 4.74 Å². The number of rotatable bonds is 4. The third-order valence-electron chi connectivity index (χ3n) is 3.73. The van der Waals surface area contributed by atoms with Crippen molar-refractivity contribution in [2.45, 2.75) is 25.0 Å². The number of benzene rings is 1. The molecule has 0 aromatic heterocycles. The molecule has 0 aliphatic carbocycles. The highest BCUT2D eigenvalue weighted by Gasteiger charge is 2.27. The van der Waals surface area contributed by atoms with E-state index in [0.29, 0.717) is 6.54 Å². The van der Waals surface area contributed by atoms with E-state index in [1.54, 1.807) is 7.11 Å². The SMILES string of the molecule is COC1CCCN(C(CN)c2ccc(F)cc2Br)C1. The standard InChI is InChI=1S/C14H20BrFN2O/c1-19-11-3-2-6-18(9-11)14(8-17)12-5-4-10(16)7-13(12)15/h4-5,7,11,14H,2-3,6,8-9,17H2,1H3. The molecular formula is C14H20BrFN2O. The lowest BCUT2D eigenvalue weighted by Crippen LogP contribution is -2.43. The van der Waals surface area contributed by atoms with Crippen molar-refractivity contribution in [1.29, 1.82) is 0 Å². The first-order valence-corrected chi connectivity index (χ1v) is 7.37. The number of ether oxygens (including phenoxy) is 1. The second kappa shape index (κ2) is 6.79. The van der Waals surface area contributed by atoms with Gasteiger partial charge in [0.25, 0.3) is 0 Å². The predicted molar refractivity (Wildman–Crippen MR) is 77.5 cm³/mol. The Labute approximate surface area is 122 Å². The molecule has 1 aliphatic rings. The van der Waals surface area contributed by atoms with Crippen molar-refractivity contribution >= 4 is 15.9 Å². The van der Waals surface area contributed by atoms with Gasteiger partial charge in [0.1, 0.15) is 5.82 Å². The lowest BCUT2D eigenvalue weighted by atomic mass is 10.0. The highest BCUT2D eigenvalue weighted by Crippen LogP contribution is 2.30. The zero-order valence-corrected chi connectivity index (χ0v) is 12.7. The average molecular weight is 331 g/mol. The summed E-state index contributed by atoms with van der Waals surface area (Å²) in [6, 6.07) is 4.90. The Kier molecular flexibility index (Phi) is 5.33. The number of methoxy groups -OCH3 is 1. The van der Waals surface area contributed by atoms with Crippen LogP contribution in [0.3, 0.4) is 0 Å². The van der Waals surface area contributed by atoms with Gasteiger partial charge in [-0.1, -0.05) is 22.0 Å². The molecule has 0 radical (unpaired) electrons. The summed E-state index contributed by atoms with van der Waals surface area (Å²) in [5.74, 6) is -0.236. The maximum absolute atomic E-state index is 13.2. The monoisotopic (exact) mass is 330 g/mol. The molecule has 0 saturated carbocycles. The molecule has 19 heavy (non-hydrogen) atoms. The van der Waals surface area contributed by atoms with Gasteiger partial charge >= 0.3 is 0 Å². The van der Waals surface area contributed by atoms with Crippen LogP contribution in [0.2, 0.25) is 0 Å². The van der Waals surface area contributed by atoms with Crippen molar-refractivity contribution in [1.82, 2.24) is 4.90 Å². The fourth-order valence-corrected chi connectivity index (χ4v) is 3.30. The third-order valence-corrected chi connectivity index (χ3v) is 4.42. The minimum atomic E-state index is -0.236. The van der Waals surface area contributed by atoms with E-state index >= 15 is 0 Å². The quantitative estimate of drug-likeness (QED) is 0.922. The Hall–Kier alpha value is -0.490. The Morgan fingerprint density at radius 3 is 3.00 bits per heavy atom. The Morgan fingerprint density at radius 2 is 2.37 bits per heavy atom. The fraction of sp³-hybridized carbons (Fsp3) is 0.571. The predicted octanol–water partition coefficient (Wildman–Crippen LogP) is 2.70. The van der Waals surface area contributed by atoms with Crippen molar-refractivity contribution in [3.8, 4) is 0 Å². The van der Waals surface area contributed by atoms with Crippen LogP contribution < -0.4 is 5.73 Å². The molecule has 1 aromatic carbocycles. The van der Waals surface area contributed by atoms with E-state index in [1.807, 2.05) is 6.07 Å². The van der Waals surface area contributed by atoms with Crippen molar-refractivity contribution in [2.75, 3.05) is 26.7 Å². The van der Waals surface area contributed by atoms with Crippen LogP contribution in [0.15, 0.2) is 22.7 Å². The summed E-state index contributed by atoms with van der Waals surface area (Å²) in [5, 5.41) is 0. The van der Waals surface area contributed by atoms with Gasteiger partial charge in [-0.15, -0.1) is 0 Å². The van der Waals surface area contributed by atoms with Gasteiger partial charge in [0.2, 0.25) is 0 Å². The molecule has 0 spiro atoms. The largest absolute Gasteiger partial charge is 0.380 e. The maximum atomic E-state index is 13.2. The fourth-order valence-electron chi connectivity index (χ4n) is 2.69. The third kappa shape index (κ3) is 3.54. The summed E-state index contributed by atoms with van der Waals surface area (Å²) in [4.78, 5) is 2.33. The number of nitrogens with two attached hydrogens (primary N) is 1. The normalized spacial score (nSPS) is 22.4. The molecular weight excluding hydrogens is 311 g/mol. The summed E-state index contributed by atoms with van der Waals surface area (Å²) in [7, 11) is 1.75. The van der Waals surface area contributed by atoms with Gasteiger partial charge in [-0.2, -0.15) is 0 Å². The molecule has 3 nitrogen and oxygen atoms in total. The Morgan fingerprint density at radius 1 is 1.58 bits per heavy atom. The van der Waals surface area contributed by atoms with Crippen molar-refractivity contribution in [3.63, 3.8) is 0 Å². The molecule has 1 saturated heterocycles. The first-order chi connectivity index (χ1) is 9.15. The maximum Gasteiger partial charge on any atom is 0.124 e. The lowest BCUT2D eigenvalue weighted by molar-refractivity contribution is 0.0154. The molecule has 1 aromatic rings. The van der Waals surface area contributed by atoms with Crippen molar-refractivity contribution < 1.29 is 9.13 Å². The van der Waals surface area contributed by atoms with Crippen LogP contribution in [0.25, 0.3) is 0 Å². The zero-order chi connectivity index (χ0) is 13.8. The first-order valence-electron chi connectivity index (χ1n) is 6.57. The van der Waals surface area contributed by atoms with E-state index in [2.05, 4.69) is 20.8 Å². The second-order valence-corrected chi connectivity index (χ2v) is 5.77. The van der Waals surface area contributed by atoms with E-state index in [-0.39, 0.29) is 18.0 Å². The molecule has 106 valence electrons. The molecule has 1 aliphatic heterocycles.